The highest BCUT2D eigenvalue weighted by atomic mass is 35.5. The Balaban J connectivity index is 1.63. The number of halogens is 1. The minimum atomic E-state index is -0.196. The summed E-state index contributed by atoms with van der Waals surface area (Å²) >= 11 is 6.36. The summed E-state index contributed by atoms with van der Waals surface area (Å²) in [6.45, 7) is 8.81. The van der Waals surface area contributed by atoms with E-state index >= 15 is 0 Å². The van der Waals surface area contributed by atoms with E-state index < -0.39 is 0 Å². The van der Waals surface area contributed by atoms with Gasteiger partial charge in [0.25, 0.3) is 0 Å². The van der Waals surface area contributed by atoms with E-state index in [1.807, 2.05) is 18.2 Å². The fourth-order valence-electron chi connectivity index (χ4n) is 3.68. The first-order valence-electron chi connectivity index (χ1n) is 9.83. The van der Waals surface area contributed by atoms with E-state index in [9.17, 15) is 0 Å². The first-order chi connectivity index (χ1) is 13.2. The molecule has 2 saturated heterocycles. The summed E-state index contributed by atoms with van der Waals surface area (Å²) in [6, 6.07) is 8.05. The van der Waals surface area contributed by atoms with E-state index in [1.165, 1.54) is 0 Å². The highest BCUT2D eigenvalue weighted by Crippen LogP contribution is 2.27. The molecule has 0 saturated carbocycles. The summed E-state index contributed by atoms with van der Waals surface area (Å²) in [5, 5.41) is 4.26. The number of aliphatic imine (C=N–C) groups is 1. The highest BCUT2D eigenvalue weighted by molar-refractivity contribution is 6.33. The van der Waals surface area contributed by atoms with Crippen LogP contribution in [-0.2, 0) is 9.47 Å². The molecule has 0 spiro atoms. The van der Waals surface area contributed by atoms with Crippen molar-refractivity contribution >= 4 is 23.2 Å². The van der Waals surface area contributed by atoms with E-state index in [-0.39, 0.29) is 5.60 Å². The second-order valence-electron chi connectivity index (χ2n) is 7.10. The number of nitrogens with one attached hydrogen (secondary N) is 1. The van der Waals surface area contributed by atoms with Gasteiger partial charge in [-0.15, -0.1) is 0 Å². The molecule has 0 radical (unpaired) electrons. The normalized spacial score (nSPS) is 20.6. The molecule has 7 heteroatoms. The predicted molar refractivity (Wildman–Crippen MR) is 111 cm³/mol. The first kappa shape index (κ1) is 20.2. The Kier molecular flexibility index (Phi) is 7.21. The van der Waals surface area contributed by atoms with Crippen LogP contribution in [0, 0.1) is 0 Å². The second-order valence-corrected chi connectivity index (χ2v) is 7.50. The molecule has 6 nitrogen and oxygen atoms in total. The molecule has 150 valence electrons. The van der Waals surface area contributed by atoms with Crippen molar-refractivity contribution in [2.24, 2.45) is 4.99 Å². The van der Waals surface area contributed by atoms with Gasteiger partial charge in [0.05, 0.1) is 22.9 Å². The van der Waals surface area contributed by atoms with Crippen LogP contribution in [0.4, 0.5) is 5.69 Å². The molecule has 1 aromatic carbocycles. The van der Waals surface area contributed by atoms with Crippen molar-refractivity contribution in [1.29, 1.82) is 0 Å². The number of methoxy groups -OCH3 is 1. The van der Waals surface area contributed by atoms with Crippen LogP contribution in [0.15, 0.2) is 29.3 Å². The Hall–Kier alpha value is -1.50. The molecule has 2 aliphatic heterocycles. The average Bonchev–Trinajstić information content (AvgIpc) is 2.72. The van der Waals surface area contributed by atoms with Gasteiger partial charge in [0.1, 0.15) is 0 Å². The molecule has 2 heterocycles. The van der Waals surface area contributed by atoms with Gasteiger partial charge in [0.2, 0.25) is 0 Å². The summed E-state index contributed by atoms with van der Waals surface area (Å²) in [4.78, 5) is 9.60. The number of anilines is 1. The number of para-hydroxylation sites is 1. The van der Waals surface area contributed by atoms with Gasteiger partial charge in [0, 0.05) is 65.9 Å². The summed E-state index contributed by atoms with van der Waals surface area (Å²) in [5.74, 6) is 0.972. The SMILES string of the molecule is CCNC(=NCC1(OC)CCOCC1)N1CCN(c2ccccc2Cl)CC1. The molecule has 2 aliphatic rings. The number of piperazine rings is 1. The van der Waals surface area contributed by atoms with E-state index in [1.54, 1.807) is 7.11 Å². The fourth-order valence-corrected chi connectivity index (χ4v) is 3.94. The van der Waals surface area contributed by atoms with E-state index in [4.69, 9.17) is 26.1 Å². The lowest BCUT2D eigenvalue weighted by molar-refractivity contribution is -0.0829. The zero-order valence-electron chi connectivity index (χ0n) is 16.4. The van der Waals surface area contributed by atoms with Gasteiger partial charge < -0.3 is 24.6 Å². The number of ether oxygens (including phenoxy) is 2. The topological polar surface area (TPSA) is 49.3 Å². The molecule has 0 amide bonds. The maximum Gasteiger partial charge on any atom is 0.194 e. The van der Waals surface area contributed by atoms with E-state index in [0.717, 1.165) is 75.4 Å². The molecule has 0 unspecified atom stereocenters. The molecule has 0 bridgehead atoms. The van der Waals surface area contributed by atoms with Crippen LogP contribution in [0.1, 0.15) is 19.8 Å². The monoisotopic (exact) mass is 394 g/mol. The molecule has 3 rings (SSSR count). The van der Waals surface area contributed by atoms with E-state index in [0.29, 0.717) is 6.54 Å². The Bertz CT molecular complexity index is 626. The van der Waals surface area contributed by atoms with Crippen LogP contribution < -0.4 is 10.2 Å². The van der Waals surface area contributed by atoms with Gasteiger partial charge in [-0.2, -0.15) is 0 Å². The quantitative estimate of drug-likeness (QED) is 0.614. The maximum atomic E-state index is 6.36. The van der Waals surface area contributed by atoms with Crippen LogP contribution in [0.25, 0.3) is 0 Å². The van der Waals surface area contributed by atoms with Crippen LogP contribution in [0.2, 0.25) is 5.02 Å². The van der Waals surface area contributed by atoms with Gasteiger partial charge in [0.15, 0.2) is 5.96 Å². The molecular formula is C20H31ClN4O2. The van der Waals surface area contributed by atoms with Crippen LogP contribution in [0.5, 0.6) is 0 Å². The van der Waals surface area contributed by atoms with Gasteiger partial charge in [-0.25, -0.2) is 0 Å². The summed E-state index contributed by atoms with van der Waals surface area (Å²) < 4.78 is 11.3. The summed E-state index contributed by atoms with van der Waals surface area (Å²) in [7, 11) is 1.79. The smallest absolute Gasteiger partial charge is 0.194 e. The number of benzene rings is 1. The first-order valence-corrected chi connectivity index (χ1v) is 10.2. The average molecular weight is 395 g/mol. The molecule has 0 aromatic heterocycles. The van der Waals surface area contributed by atoms with Crippen molar-refractivity contribution in [3.8, 4) is 0 Å². The summed E-state index contributed by atoms with van der Waals surface area (Å²) in [5.41, 5.74) is 0.916. The van der Waals surface area contributed by atoms with Crippen molar-refractivity contribution in [3.63, 3.8) is 0 Å². The lowest BCUT2D eigenvalue weighted by Crippen LogP contribution is -2.53. The molecule has 0 atom stereocenters. The largest absolute Gasteiger partial charge is 0.381 e. The molecule has 1 N–H and O–H groups in total. The molecule has 0 aliphatic carbocycles. The zero-order chi connectivity index (χ0) is 19.1. The minimum Gasteiger partial charge on any atom is -0.381 e. The van der Waals surface area contributed by atoms with Crippen molar-refractivity contribution in [2.45, 2.75) is 25.4 Å². The fraction of sp³-hybridized carbons (Fsp3) is 0.650. The third-order valence-electron chi connectivity index (χ3n) is 5.46. The molecular weight excluding hydrogens is 364 g/mol. The Morgan fingerprint density at radius 2 is 1.93 bits per heavy atom. The number of hydrogen-bond donors (Lipinski definition) is 1. The number of guanidine groups is 1. The third-order valence-corrected chi connectivity index (χ3v) is 5.78. The highest BCUT2D eigenvalue weighted by Gasteiger charge is 2.33. The van der Waals surface area contributed by atoms with Crippen molar-refractivity contribution in [2.75, 3.05) is 64.5 Å². The van der Waals surface area contributed by atoms with Crippen molar-refractivity contribution < 1.29 is 9.47 Å². The van der Waals surface area contributed by atoms with Crippen molar-refractivity contribution in [3.05, 3.63) is 29.3 Å². The number of hydrogen-bond acceptors (Lipinski definition) is 4. The van der Waals surface area contributed by atoms with Gasteiger partial charge >= 0.3 is 0 Å². The van der Waals surface area contributed by atoms with Crippen LogP contribution in [0.3, 0.4) is 0 Å². The van der Waals surface area contributed by atoms with Gasteiger partial charge in [-0.05, 0) is 19.1 Å². The third kappa shape index (κ3) is 5.06. The van der Waals surface area contributed by atoms with Gasteiger partial charge in [-0.1, -0.05) is 23.7 Å². The van der Waals surface area contributed by atoms with Crippen LogP contribution >= 0.6 is 11.6 Å². The Labute approximate surface area is 167 Å². The number of nitrogens with zero attached hydrogens (tertiary/aromatic N) is 3. The summed E-state index contributed by atoms with van der Waals surface area (Å²) in [6.07, 6.45) is 1.79. The zero-order valence-corrected chi connectivity index (χ0v) is 17.2. The molecule has 1 aromatic rings. The standard InChI is InChI=1S/C20H31ClN4O2/c1-3-22-19(23-16-20(26-2)8-14-27-15-9-20)25-12-10-24(11-13-25)18-7-5-4-6-17(18)21/h4-7H,3,8-16H2,1-2H3,(H,22,23). The number of rotatable bonds is 5. The van der Waals surface area contributed by atoms with Crippen LogP contribution in [-0.4, -0.2) is 76.1 Å². The maximum absolute atomic E-state index is 6.36. The Morgan fingerprint density at radius 1 is 1.22 bits per heavy atom. The lowest BCUT2D eigenvalue weighted by Gasteiger charge is -2.39. The van der Waals surface area contributed by atoms with Crippen molar-refractivity contribution in [1.82, 2.24) is 10.2 Å². The molecule has 2 fully saturated rings. The Morgan fingerprint density at radius 3 is 2.56 bits per heavy atom. The lowest BCUT2D eigenvalue weighted by atomic mass is 9.94. The predicted octanol–water partition coefficient (Wildman–Crippen LogP) is 2.62. The second kappa shape index (κ2) is 9.62. The van der Waals surface area contributed by atoms with Gasteiger partial charge in [-0.3, -0.25) is 4.99 Å². The van der Waals surface area contributed by atoms with E-state index in [2.05, 4.69) is 28.1 Å². The minimum absolute atomic E-state index is 0.196. The molecule has 27 heavy (non-hydrogen) atoms.